The Morgan fingerprint density at radius 2 is 1.50 bits per heavy atom. The van der Waals surface area contributed by atoms with E-state index in [1.165, 1.54) is 0 Å². The van der Waals surface area contributed by atoms with Crippen LogP contribution >= 0.6 is 0 Å². The topological polar surface area (TPSA) is 96.7 Å². The smallest absolute Gasteiger partial charge is 0.394 e. The summed E-state index contributed by atoms with van der Waals surface area (Å²) in [6.07, 6.45) is 3.41. The van der Waals surface area contributed by atoms with Crippen molar-refractivity contribution in [2.75, 3.05) is 0 Å². The first-order chi connectivity index (χ1) is 8.45. The van der Waals surface area contributed by atoms with Gasteiger partial charge in [0.25, 0.3) is 0 Å². The minimum absolute atomic E-state index is 0.758. The first-order valence-electron chi connectivity index (χ1n) is 4.78. The van der Waals surface area contributed by atoms with Crippen molar-refractivity contribution < 1.29 is 22.3 Å². The molecule has 0 spiro atoms. The maximum atomic E-state index is 8.74. The summed E-state index contributed by atoms with van der Waals surface area (Å²) < 4.78 is 37.1. The summed E-state index contributed by atoms with van der Waals surface area (Å²) in [6, 6.07) is 13.4. The van der Waals surface area contributed by atoms with Crippen molar-refractivity contribution in [3.63, 3.8) is 0 Å². The van der Waals surface area contributed by atoms with Gasteiger partial charge in [0.1, 0.15) is 11.5 Å². The van der Waals surface area contributed by atoms with E-state index in [2.05, 4.69) is 4.98 Å². The van der Waals surface area contributed by atoms with Gasteiger partial charge in [0.2, 0.25) is 0 Å². The van der Waals surface area contributed by atoms with Crippen LogP contribution in [0.5, 0.6) is 11.5 Å². The molecule has 2 aromatic rings. The third kappa shape index (κ3) is 7.34. The molecule has 0 unspecified atom stereocenters. The van der Waals surface area contributed by atoms with E-state index in [1.807, 2.05) is 42.5 Å². The lowest BCUT2D eigenvalue weighted by Gasteiger charge is -2.03. The Bertz CT molecular complexity index is 511. The van der Waals surface area contributed by atoms with Crippen molar-refractivity contribution in [3.05, 3.63) is 54.9 Å². The maximum absolute atomic E-state index is 8.74. The molecule has 0 aliphatic heterocycles. The van der Waals surface area contributed by atoms with E-state index >= 15 is 0 Å². The first kappa shape index (κ1) is 14.1. The van der Waals surface area contributed by atoms with Gasteiger partial charge >= 0.3 is 10.4 Å². The van der Waals surface area contributed by atoms with Crippen LogP contribution in [0.25, 0.3) is 0 Å². The quantitative estimate of drug-likeness (QED) is 0.811. The molecule has 0 bridgehead atoms. The fourth-order valence-electron chi connectivity index (χ4n) is 1.03. The van der Waals surface area contributed by atoms with Crippen molar-refractivity contribution in [2.24, 2.45) is 0 Å². The first-order valence-corrected chi connectivity index (χ1v) is 6.17. The van der Waals surface area contributed by atoms with Gasteiger partial charge in [-0.2, -0.15) is 8.42 Å². The second kappa shape index (κ2) is 6.70. The Morgan fingerprint density at radius 3 is 2.00 bits per heavy atom. The Kier molecular flexibility index (Phi) is 5.25. The van der Waals surface area contributed by atoms with Crippen molar-refractivity contribution in [1.29, 1.82) is 0 Å². The average Bonchev–Trinajstić information content (AvgIpc) is 2.29. The van der Waals surface area contributed by atoms with E-state index in [4.69, 9.17) is 22.3 Å². The molecule has 1 aromatic carbocycles. The van der Waals surface area contributed by atoms with Crippen LogP contribution < -0.4 is 4.74 Å². The van der Waals surface area contributed by atoms with Gasteiger partial charge in [0, 0.05) is 6.20 Å². The highest BCUT2D eigenvalue weighted by atomic mass is 32.3. The van der Waals surface area contributed by atoms with Crippen molar-refractivity contribution in [2.45, 2.75) is 0 Å². The summed E-state index contributed by atoms with van der Waals surface area (Å²) in [7, 11) is -4.67. The number of para-hydroxylation sites is 1. The monoisotopic (exact) mass is 269 g/mol. The molecule has 0 aliphatic rings. The van der Waals surface area contributed by atoms with Crippen LogP contribution in [0.2, 0.25) is 0 Å². The molecule has 0 saturated heterocycles. The zero-order valence-corrected chi connectivity index (χ0v) is 9.99. The van der Waals surface area contributed by atoms with Crippen LogP contribution in [0.4, 0.5) is 0 Å². The molecular formula is C11H11NO5S. The SMILES string of the molecule is O=S(=O)(O)O.c1ccc(Oc2cccnc2)cc1. The molecule has 0 saturated carbocycles. The summed E-state index contributed by atoms with van der Waals surface area (Å²) >= 11 is 0. The van der Waals surface area contributed by atoms with Crippen molar-refractivity contribution in [1.82, 2.24) is 4.98 Å². The minimum Gasteiger partial charge on any atom is -0.456 e. The van der Waals surface area contributed by atoms with E-state index in [1.54, 1.807) is 12.4 Å². The maximum Gasteiger partial charge on any atom is 0.394 e. The summed E-state index contributed by atoms with van der Waals surface area (Å²) in [5.74, 6) is 1.59. The number of aromatic nitrogens is 1. The molecule has 2 rings (SSSR count). The molecule has 0 aliphatic carbocycles. The Labute approximate surface area is 104 Å². The molecule has 0 radical (unpaired) electrons. The van der Waals surface area contributed by atoms with Crippen LogP contribution in [0.3, 0.4) is 0 Å². The fraction of sp³-hybridized carbons (Fsp3) is 0. The molecule has 0 fully saturated rings. The summed E-state index contributed by atoms with van der Waals surface area (Å²) in [5, 5.41) is 0. The predicted molar refractivity (Wildman–Crippen MR) is 64.9 cm³/mol. The highest BCUT2D eigenvalue weighted by Crippen LogP contribution is 2.18. The van der Waals surface area contributed by atoms with Gasteiger partial charge in [-0.05, 0) is 24.3 Å². The number of nitrogens with zero attached hydrogens (tertiary/aromatic N) is 1. The molecule has 18 heavy (non-hydrogen) atoms. The lowest BCUT2D eigenvalue weighted by Crippen LogP contribution is -1.89. The van der Waals surface area contributed by atoms with Crippen LogP contribution in [-0.4, -0.2) is 22.5 Å². The summed E-state index contributed by atoms with van der Waals surface area (Å²) in [6.45, 7) is 0. The summed E-state index contributed by atoms with van der Waals surface area (Å²) in [4.78, 5) is 3.96. The number of ether oxygens (including phenoxy) is 1. The van der Waals surface area contributed by atoms with E-state index in [-0.39, 0.29) is 0 Å². The van der Waals surface area contributed by atoms with Gasteiger partial charge in [-0.15, -0.1) is 0 Å². The van der Waals surface area contributed by atoms with Crippen LogP contribution in [0.15, 0.2) is 54.9 Å². The fourth-order valence-corrected chi connectivity index (χ4v) is 1.03. The van der Waals surface area contributed by atoms with Gasteiger partial charge in [-0.1, -0.05) is 18.2 Å². The lowest BCUT2D eigenvalue weighted by molar-refractivity contribution is 0.381. The number of pyridine rings is 1. The van der Waals surface area contributed by atoms with Gasteiger partial charge in [0.05, 0.1) is 6.20 Å². The second-order valence-corrected chi connectivity index (χ2v) is 3.95. The highest BCUT2D eigenvalue weighted by molar-refractivity contribution is 7.79. The minimum atomic E-state index is -4.67. The largest absolute Gasteiger partial charge is 0.456 e. The van der Waals surface area contributed by atoms with Gasteiger partial charge < -0.3 is 4.74 Å². The molecular weight excluding hydrogens is 258 g/mol. The van der Waals surface area contributed by atoms with Gasteiger partial charge in [-0.25, -0.2) is 0 Å². The molecule has 1 heterocycles. The van der Waals surface area contributed by atoms with E-state index in [0.29, 0.717) is 0 Å². The van der Waals surface area contributed by atoms with Crippen LogP contribution in [0.1, 0.15) is 0 Å². The Morgan fingerprint density at radius 1 is 0.944 bits per heavy atom. The van der Waals surface area contributed by atoms with E-state index in [9.17, 15) is 0 Å². The molecule has 0 atom stereocenters. The average molecular weight is 269 g/mol. The Balaban J connectivity index is 0.000000280. The van der Waals surface area contributed by atoms with Crippen molar-refractivity contribution in [3.8, 4) is 11.5 Å². The molecule has 1 aromatic heterocycles. The van der Waals surface area contributed by atoms with Crippen LogP contribution in [0, 0.1) is 0 Å². The zero-order valence-electron chi connectivity index (χ0n) is 9.17. The third-order valence-corrected chi connectivity index (χ3v) is 1.61. The molecule has 7 heteroatoms. The number of hydrogen-bond acceptors (Lipinski definition) is 4. The standard InChI is InChI=1S/C11H9NO.H2O4S/c1-2-5-10(6-3-1)13-11-7-4-8-12-9-11;1-5(2,3)4/h1-9H;(H2,1,2,3,4). The lowest BCUT2D eigenvalue weighted by atomic mass is 10.3. The number of rotatable bonds is 2. The summed E-state index contributed by atoms with van der Waals surface area (Å²) in [5.41, 5.74) is 0. The van der Waals surface area contributed by atoms with Crippen molar-refractivity contribution >= 4 is 10.4 Å². The van der Waals surface area contributed by atoms with E-state index < -0.39 is 10.4 Å². The third-order valence-electron chi connectivity index (χ3n) is 1.61. The van der Waals surface area contributed by atoms with E-state index in [0.717, 1.165) is 11.5 Å². The number of benzene rings is 1. The molecule has 96 valence electrons. The van der Waals surface area contributed by atoms with Gasteiger partial charge in [-0.3, -0.25) is 14.1 Å². The predicted octanol–water partition coefficient (Wildman–Crippen LogP) is 2.22. The normalized spacial score (nSPS) is 10.1. The Hall–Kier alpha value is -1.96. The van der Waals surface area contributed by atoms with Crippen LogP contribution in [-0.2, 0) is 10.4 Å². The molecule has 6 nitrogen and oxygen atoms in total. The second-order valence-electron chi connectivity index (χ2n) is 3.05. The molecule has 0 amide bonds. The zero-order chi connectivity index (χ0) is 13.4. The van der Waals surface area contributed by atoms with Gasteiger partial charge in [0.15, 0.2) is 0 Å². The molecule has 2 N–H and O–H groups in total. The number of hydrogen-bond donors (Lipinski definition) is 2. The highest BCUT2D eigenvalue weighted by Gasteiger charge is 1.93.